The highest BCUT2D eigenvalue weighted by Crippen LogP contribution is 2.34. The summed E-state index contributed by atoms with van der Waals surface area (Å²) in [5.74, 6) is 6.57. The average Bonchev–Trinajstić information content (AvgIpc) is 2.77. The second-order valence-corrected chi connectivity index (χ2v) is 4.95. The van der Waals surface area contributed by atoms with Gasteiger partial charge in [0.2, 0.25) is 0 Å². The van der Waals surface area contributed by atoms with Crippen LogP contribution in [0.4, 0.5) is 0 Å². The maximum Gasteiger partial charge on any atom is 0.123 e. The first-order valence-corrected chi connectivity index (χ1v) is 6.42. The Kier molecular flexibility index (Phi) is 4.22. The van der Waals surface area contributed by atoms with Gasteiger partial charge >= 0.3 is 0 Å². The highest BCUT2D eigenvalue weighted by Gasteiger charge is 2.31. The molecule has 0 aromatic heterocycles. The van der Waals surface area contributed by atoms with Crippen LogP contribution in [0.3, 0.4) is 0 Å². The Morgan fingerprint density at radius 2 is 2.22 bits per heavy atom. The lowest BCUT2D eigenvalue weighted by atomic mass is 9.97. The second-order valence-electron chi connectivity index (χ2n) is 4.95. The van der Waals surface area contributed by atoms with E-state index in [4.69, 9.17) is 15.3 Å². The predicted octanol–water partition coefficient (Wildman–Crippen LogP) is 2.08. The van der Waals surface area contributed by atoms with Gasteiger partial charge in [-0.2, -0.15) is 0 Å². The van der Waals surface area contributed by atoms with Gasteiger partial charge < -0.3 is 9.47 Å². The van der Waals surface area contributed by atoms with Gasteiger partial charge in [0.1, 0.15) is 5.75 Å². The van der Waals surface area contributed by atoms with Crippen LogP contribution in [0.25, 0.3) is 0 Å². The van der Waals surface area contributed by atoms with Gasteiger partial charge in [0.05, 0.1) is 25.4 Å². The molecule has 3 unspecified atom stereocenters. The molecule has 0 radical (unpaired) electrons. The zero-order valence-electron chi connectivity index (χ0n) is 11.3. The Balaban J connectivity index is 2.29. The van der Waals surface area contributed by atoms with Crippen molar-refractivity contribution >= 4 is 0 Å². The van der Waals surface area contributed by atoms with E-state index in [1.807, 2.05) is 12.1 Å². The third-order valence-electron chi connectivity index (χ3n) is 3.54. The van der Waals surface area contributed by atoms with Crippen LogP contribution in [-0.4, -0.2) is 19.3 Å². The molecule has 2 rings (SSSR count). The van der Waals surface area contributed by atoms with Gasteiger partial charge in [0.25, 0.3) is 0 Å². The highest BCUT2D eigenvalue weighted by molar-refractivity contribution is 5.39. The molecule has 0 amide bonds. The first-order valence-electron chi connectivity index (χ1n) is 6.42. The first-order chi connectivity index (χ1) is 8.65. The van der Waals surface area contributed by atoms with E-state index in [2.05, 4.69) is 25.3 Å². The van der Waals surface area contributed by atoms with Crippen molar-refractivity contribution in [3.05, 3.63) is 29.3 Å². The number of hydrogen-bond acceptors (Lipinski definition) is 4. The maximum atomic E-state index is 5.91. The predicted molar refractivity (Wildman–Crippen MR) is 71.4 cm³/mol. The molecule has 4 heteroatoms. The minimum atomic E-state index is -0.0233. The monoisotopic (exact) mass is 250 g/mol. The van der Waals surface area contributed by atoms with Gasteiger partial charge in [-0.05, 0) is 32.8 Å². The fraction of sp³-hybridized carbons (Fsp3) is 0.571. The molecule has 1 aromatic rings. The van der Waals surface area contributed by atoms with Crippen LogP contribution in [-0.2, 0) is 4.74 Å². The van der Waals surface area contributed by atoms with Crippen LogP contribution < -0.4 is 16.0 Å². The number of hydrazine groups is 1. The number of benzene rings is 1. The van der Waals surface area contributed by atoms with Crippen molar-refractivity contribution < 1.29 is 9.47 Å². The third-order valence-corrected chi connectivity index (χ3v) is 3.54. The SMILES string of the molecule is COc1ccc(C)cc1C(NN)C1CCC(C)O1. The molecule has 1 aromatic carbocycles. The largest absolute Gasteiger partial charge is 0.496 e. The summed E-state index contributed by atoms with van der Waals surface area (Å²) in [5, 5.41) is 0. The molecule has 1 saturated heterocycles. The van der Waals surface area contributed by atoms with E-state index in [9.17, 15) is 0 Å². The third kappa shape index (κ3) is 2.66. The van der Waals surface area contributed by atoms with Gasteiger partial charge in [-0.1, -0.05) is 17.7 Å². The lowest BCUT2D eigenvalue weighted by Gasteiger charge is -2.25. The molecule has 3 atom stereocenters. The first kappa shape index (κ1) is 13.3. The minimum absolute atomic E-state index is 0.0233. The van der Waals surface area contributed by atoms with E-state index >= 15 is 0 Å². The van der Waals surface area contributed by atoms with E-state index in [0.29, 0.717) is 6.10 Å². The highest BCUT2D eigenvalue weighted by atomic mass is 16.5. The molecule has 1 aliphatic heterocycles. The summed E-state index contributed by atoms with van der Waals surface area (Å²) in [7, 11) is 1.68. The van der Waals surface area contributed by atoms with Crippen molar-refractivity contribution in [1.82, 2.24) is 5.43 Å². The summed E-state index contributed by atoms with van der Waals surface area (Å²) in [6.07, 6.45) is 2.52. The fourth-order valence-corrected chi connectivity index (χ4v) is 2.57. The van der Waals surface area contributed by atoms with E-state index in [1.54, 1.807) is 7.11 Å². The topological polar surface area (TPSA) is 56.5 Å². The molecule has 4 nitrogen and oxygen atoms in total. The lowest BCUT2D eigenvalue weighted by molar-refractivity contribution is 0.0310. The van der Waals surface area contributed by atoms with Crippen LogP contribution in [0.5, 0.6) is 5.75 Å². The van der Waals surface area contributed by atoms with Gasteiger partial charge in [0, 0.05) is 5.56 Å². The number of ether oxygens (including phenoxy) is 2. The maximum absolute atomic E-state index is 5.91. The second kappa shape index (κ2) is 5.69. The zero-order valence-corrected chi connectivity index (χ0v) is 11.3. The van der Waals surface area contributed by atoms with Crippen LogP contribution in [0, 0.1) is 6.92 Å². The quantitative estimate of drug-likeness (QED) is 0.634. The van der Waals surface area contributed by atoms with E-state index in [-0.39, 0.29) is 12.1 Å². The number of methoxy groups -OCH3 is 1. The van der Waals surface area contributed by atoms with Gasteiger partial charge in [-0.15, -0.1) is 0 Å². The fourth-order valence-electron chi connectivity index (χ4n) is 2.57. The van der Waals surface area contributed by atoms with Gasteiger partial charge in [-0.3, -0.25) is 11.3 Å². The summed E-state index contributed by atoms with van der Waals surface area (Å²) in [5.41, 5.74) is 5.14. The summed E-state index contributed by atoms with van der Waals surface area (Å²) in [6.45, 7) is 4.16. The lowest BCUT2D eigenvalue weighted by Crippen LogP contribution is -2.37. The molecule has 1 heterocycles. The molecule has 0 spiro atoms. The standard InChI is InChI=1S/C14H22N2O2/c1-9-4-6-12(17-3)11(8-9)14(16-15)13-7-5-10(2)18-13/h4,6,8,10,13-14,16H,5,7,15H2,1-3H3. The van der Waals surface area contributed by atoms with Gasteiger partial charge in [-0.25, -0.2) is 0 Å². The van der Waals surface area contributed by atoms with Crippen LogP contribution >= 0.6 is 0 Å². The normalized spacial score (nSPS) is 25.1. The molecular weight excluding hydrogens is 228 g/mol. The van der Waals surface area contributed by atoms with Crippen LogP contribution in [0.15, 0.2) is 18.2 Å². The van der Waals surface area contributed by atoms with E-state index in [1.165, 1.54) is 5.56 Å². The van der Waals surface area contributed by atoms with Crippen LogP contribution in [0.2, 0.25) is 0 Å². The molecule has 0 aliphatic carbocycles. The zero-order chi connectivity index (χ0) is 13.1. The Bertz CT molecular complexity index is 409. The van der Waals surface area contributed by atoms with Crippen molar-refractivity contribution in [3.63, 3.8) is 0 Å². The minimum Gasteiger partial charge on any atom is -0.496 e. The van der Waals surface area contributed by atoms with Crippen molar-refractivity contribution in [2.75, 3.05) is 7.11 Å². The molecule has 0 saturated carbocycles. The summed E-state index contributed by atoms with van der Waals surface area (Å²) < 4.78 is 11.3. The molecule has 1 fully saturated rings. The van der Waals surface area contributed by atoms with Crippen molar-refractivity contribution in [3.8, 4) is 5.75 Å². The smallest absolute Gasteiger partial charge is 0.123 e. The number of rotatable bonds is 4. The van der Waals surface area contributed by atoms with E-state index < -0.39 is 0 Å². The Hall–Kier alpha value is -1.10. The summed E-state index contributed by atoms with van der Waals surface area (Å²) in [4.78, 5) is 0. The van der Waals surface area contributed by atoms with E-state index in [0.717, 1.165) is 24.2 Å². The number of aryl methyl sites for hydroxylation is 1. The summed E-state index contributed by atoms with van der Waals surface area (Å²) in [6, 6.07) is 6.10. The Labute approximate surface area is 108 Å². The van der Waals surface area contributed by atoms with Crippen molar-refractivity contribution in [2.24, 2.45) is 5.84 Å². The van der Waals surface area contributed by atoms with Gasteiger partial charge in [0.15, 0.2) is 0 Å². The van der Waals surface area contributed by atoms with Crippen molar-refractivity contribution in [1.29, 1.82) is 0 Å². The van der Waals surface area contributed by atoms with Crippen LogP contribution in [0.1, 0.15) is 36.9 Å². The molecule has 0 bridgehead atoms. The molecule has 18 heavy (non-hydrogen) atoms. The summed E-state index contributed by atoms with van der Waals surface area (Å²) >= 11 is 0. The molecule has 100 valence electrons. The molecular formula is C14H22N2O2. The average molecular weight is 250 g/mol. The Morgan fingerprint density at radius 3 is 2.78 bits per heavy atom. The number of hydrogen-bond donors (Lipinski definition) is 2. The molecule has 1 aliphatic rings. The molecule has 3 N–H and O–H groups in total. The number of nitrogens with two attached hydrogens (primary N) is 1. The van der Waals surface area contributed by atoms with Crippen molar-refractivity contribution in [2.45, 2.75) is 44.9 Å². The number of nitrogens with one attached hydrogen (secondary N) is 1. The Morgan fingerprint density at radius 1 is 1.44 bits per heavy atom.